The molecular weight excluding hydrogens is 546 g/mol. The molecule has 0 rings (SSSR count). The predicted molar refractivity (Wildman–Crippen MR) is 190 cm³/mol. The molecule has 0 bridgehead atoms. The zero-order valence-electron chi connectivity index (χ0n) is 29.8. The quantitative estimate of drug-likeness (QED) is 0.0521. The van der Waals surface area contributed by atoms with E-state index in [9.17, 15) is 20.1 Å². The third-order valence-corrected chi connectivity index (χ3v) is 9.46. The van der Waals surface area contributed by atoms with Crippen molar-refractivity contribution in [1.29, 1.82) is 0 Å². The number of rotatable bonds is 36. The summed E-state index contributed by atoms with van der Waals surface area (Å²) in [7, 11) is 0. The highest BCUT2D eigenvalue weighted by Crippen LogP contribution is 2.16. The van der Waals surface area contributed by atoms with Crippen LogP contribution in [0.15, 0.2) is 0 Å². The van der Waals surface area contributed by atoms with E-state index in [1.54, 1.807) is 0 Å². The van der Waals surface area contributed by atoms with E-state index in [1.807, 2.05) is 0 Å². The molecular formula is C39H79NO4. The van der Waals surface area contributed by atoms with Gasteiger partial charge < -0.3 is 20.6 Å². The Morgan fingerprint density at radius 1 is 0.477 bits per heavy atom. The van der Waals surface area contributed by atoms with Crippen molar-refractivity contribution < 1.29 is 20.1 Å². The van der Waals surface area contributed by atoms with Crippen LogP contribution in [0.25, 0.3) is 0 Å². The summed E-state index contributed by atoms with van der Waals surface area (Å²) in [5.74, 6) is -0.142. The van der Waals surface area contributed by atoms with Gasteiger partial charge in [-0.3, -0.25) is 4.79 Å². The van der Waals surface area contributed by atoms with Gasteiger partial charge in [0.05, 0.1) is 18.8 Å². The molecule has 0 spiro atoms. The maximum absolute atomic E-state index is 12.4. The zero-order chi connectivity index (χ0) is 32.4. The van der Waals surface area contributed by atoms with E-state index in [2.05, 4.69) is 19.2 Å². The minimum absolute atomic E-state index is 0.142. The highest BCUT2D eigenvalue weighted by atomic mass is 16.3. The van der Waals surface area contributed by atoms with Gasteiger partial charge in [0, 0.05) is 6.42 Å². The van der Waals surface area contributed by atoms with Crippen molar-refractivity contribution in [3.8, 4) is 0 Å². The number of carbonyl (C=O) groups excluding carboxylic acids is 1. The maximum Gasteiger partial charge on any atom is 0.220 e. The summed E-state index contributed by atoms with van der Waals surface area (Å²) in [5, 5.41) is 33.4. The molecule has 5 nitrogen and oxygen atoms in total. The fourth-order valence-corrected chi connectivity index (χ4v) is 6.34. The van der Waals surface area contributed by atoms with Crippen LogP contribution in [0, 0.1) is 0 Å². The number of nitrogens with one attached hydrogen (secondary N) is 1. The summed E-state index contributed by atoms with van der Waals surface area (Å²) < 4.78 is 0. The van der Waals surface area contributed by atoms with Crippen LogP contribution in [0.5, 0.6) is 0 Å². The summed E-state index contributed by atoms with van der Waals surface area (Å²) in [5.41, 5.74) is 0. The van der Waals surface area contributed by atoms with E-state index in [0.717, 1.165) is 32.1 Å². The molecule has 5 heteroatoms. The van der Waals surface area contributed by atoms with Crippen molar-refractivity contribution in [2.75, 3.05) is 6.61 Å². The van der Waals surface area contributed by atoms with Crippen molar-refractivity contribution >= 4 is 5.91 Å². The molecule has 0 heterocycles. The van der Waals surface area contributed by atoms with E-state index in [4.69, 9.17) is 0 Å². The Hall–Kier alpha value is -0.650. The predicted octanol–water partition coefficient (Wildman–Crippen LogP) is 10.7. The van der Waals surface area contributed by atoms with Gasteiger partial charge in [-0.25, -0.2) is 0 Å². The average Bonchev–Trinajstić information content (AvgIpc) is 3.03. The first-order valence-corrected chi connectivity index (χ1v) is 19.8. The lowest BCUT2D eigenvalue weighted by molar-refractivity contribution is -0.124. The maximum atomic E-state index is 12.4. The van der Waals surface area contributed by atoms with Gasteiger partial charge in [0.15, 0.2) is 0 Å². The minimum Gasteiger partial charge on any atom is -0.394 e. The normalized spacial score (nSPS) is 13.7. The fourth-order valence-electron chi connectivity index (χ4n) is 6.34. The van der Waals surface area contributed by atoms with Crippen LogP contribution in [0.2, 0.25) is 0 Å². The second kappa shape index (κ2) is 35.2. The second-order valence-electron chi connectivity index (χ2n) is 13.9. The van der Waals surface area contributed by atoms with E-state index in [1.165, 1.54) is 161 Å². The van der Waals surface area contributed by atoms with E-state index in [-0.39, 0.29) is 12.5 Å². The number of unbranched alkanes of at least 4 members (excludes halogenated alkanes) is 28. The molecule has 264 valence electrons. The minimum atomic E-state index is -1.13. The Balaban J connectivity index is 3.62. The number of hydrogen-bond acceptors (Lipinski definition) is 4. The third-order valence-electron chi connectivity index (χ3n) is 9.46. The SMILES string of the molecule is CCCCCCCCCCCCCCCCCCC[C@@H](O)[C@@H](O)[C@H](CO)NC(=O)CCCCCCCCCCCCCCC. The summed E-state index contributed by atoms with van der Waals surface area (Å²) in [4.78, 5) is 12.4. The molecule has 0 aromatic rings. The van der Waals surface area contributed by atoms with Crippen molar-refractivity contribution in [2.24, 2.45) is 0 Å². The van der Waals surface area contributed by atoms with Crippen LogP contribution in [0.4, 0.5) is 0 Å². The van der Waals surface area contributed by atoms with E-state index >= 15 is 0 Å². The summed E-state index contributed by atoms with van der Waals surface area (Å²) in [6, 6.07) is -0.801. The van der Waals surface area contributed by atoms with Gasteiger partial charge in [-0.15, -0.1) is 0 Å². The number of aliphatic hydroxyl groups excluding tert-OH is 3. The lowest BCUT2D eigenvalue weighted by atomic mass is 9.99. The smallest absolute Gasteiger partial charge is 0.220 e. The van der Waals surface area contributed by atoms with Crippen LogP contribution in [0.1, 0.15) is 219 Å². The van der Waals surface area contributed by atoms with Gasteiger partial charge in [-0.2, -0.15) is 0 Å². The average molecular weight is 626 g/mol. The summed E-state index contributed by atoms with van der Waals surface area (Å²) >= 11 is 0. The van der Waals surface area contributed by atoms with Crippen LogP contribution >= 0.6 is 0 Å². The van der Waals surface area contributed by atoms with Crippen molar-refractivity contribution in [3.63, 3.8) is 0 Å². The first kappa shape index (κ1) is 43.4. The molecule has 0 aliphatic carbocycles. The highest BCUT2D eigenvalue weighted by molar-refractivity contribution is 5.76. The monoisotopic (exact) mass is 626 g/mol. The molecule has 1 amide bonds. The van der Waals surface area contributed by atoms with Gasteiger partial charge >= 0.3 is 0 Å². The Bertz CT molecular complexity index is 572. The van der Waals surface area contributed by atoms with Crippen molar-refractivity contribution in [1.82, 2.24) is 5.32 Å². The molecule has 0 aromatic carbocycles. The molecule has 0 radical (unpaired) electrons. The largest absolute Gasteiger partial charge is 0.394 e. The number of hydrogen-bond donors (Lipinski definition) is 4. The van der Waals surface area contributed by atoms with Gasteiger partial charge in [0.25, 0.3) is 0 Å². The number of aliphatic hydroxyl groups is 3. The van der Waals surface area contributed by atoms with Gasteiger partial charge in [0.1, 0.15) is 6.10 Å². The lowest BCUT2D eigenvalue weighted by Crippen LogP contribution is -2.50. The van der Waals surface area contributed by atoms with Gasteiger partial charge in [0.2, 0.25) is 5.91 Å². The molecule has 0 unspecified atom stereocenters. The van der Waals surface area contributed by atoms with Gasteiger partial charge in [-0.05, 0) is 12.8 Å². The highest BCUT2D eigenvalue weighted by Gasteiger charge is 2.26. The fraction of sp³-hybridized carbons (Fsp3) is 0.974. The van der Waals surface area contributed by atoms with Crippen molar-refractivity contribution in [3.05, 3.63) is 0 Å². The Morgan fingerprint density at radius 3 is 1.09 bits per heavy atom. The molecule has 4 N–H and O–H groups in total. The second-order valence-corrected chi connectivity index (χ2v) is 13.9. The Labute approximate surface area is 275 Å². The lowest BCUT2D eigenvalue weighted by Gasteiger charge is -2.26. The van der Waals surface area contributed by atoms with Crippen LogP contribution < -0.4 is 5.32 Å². The Kier molecular flexibility index (Phi) is 34.7. The number of carbonyl (C=O) groups is 1. The Morgan fingerprint density at radius 2 is 0.773 bits per heavy atom. The zero-order valence-corrected chi connectivity index (χ0v) is 29.8. The van der Waals surface area contributed by atoms with Crippen molar-refractivity contribution in [2.45, 2.75) is 238 Å². The molecule has 0 saturated carbocycles. The van der Waals surface area contributed by atoms with Crippen LogP contribution in [-0.4, -0.2) is 46.1 Å². The molecule has 0 aliphatic rings. The van der Waals surface area contributed by atoms with E-state index < -0.39 is 18.2 Å². The first-order valence-electron chi connectivity index (χ1n) is 19.8. The molecule has 0 fully saturated rings. The van der Waals surface area contributed by atoms with Crippen LogP contribution in [0.3, 0.4) is 0 Å². The molecule has 44 heavy (non-hydrogen) atoms. The third kappa shape index (κ3) is 30.0. The molecule has 0 saturated heterocycles. The molecule has 0 aromatic heterocycles. The van der Waals surface area contributed by atoms with Crippen LogP contribution in [-0.2, 0) is 4.79 Å². The molecule has 3 atom stereocenters. The summed E-state index contributed by atoms with van der Waals surface area (Å²) in [6.07, 6.45) is 37.7. The number of amides is 1. The first-order chi connectivity index (χ1) is 21.6. The molecule has 0 aliphatic heterocycles. The standard InChI is InChI=1S/C39H79NO4/c1-3-5-7-9-11-13-15-17-18-19-20-22-23-25-27-29-31-33-37(42)39(44)36(35-41)40-38(43)34-32-30-28-26-24-21-16-14-12-10-8-6-4-2/h36-37,39,41-42,44H,3-35H2,1-2H3,(H,40,43)/t36-,37+,39-/m0/s1. The van der Waals surface area contributed by atoms with E-state index in [0.29, 0.717) is 12.8 Å². The van der Waals surface area contributed by atoms with Gasteiger partial charge in [-0.1, -0.05) is 200 Å². The topological polar surface area (TPSA) is 89.8 Å². The summed E-state index contributed by atoms with van der Waals surface area (Å²) in [6.45, 7) is 4.18.